The summed E-state index contributed by atoms with van der Waals surface area (Å²) in [7, 11) is 0. The SMILES string of the molecule is Fc1ccc(Br)c(F)c1[C@@H](C1CCC1)N1CCNCC1. The topological polar surface area (TPSA) is 15.3 Å². The molecule has 1 aliphatic heterocycles. The zero-order valence-corrected chi connectivity index (χ0v) is 12.9. The van der Waals surface area contributed by atoms with Crippen LogP contribution in [0.3, 0.4) is 0 Å². The first kappa shape index (κ1) is 14.4. The van der Waals surface area contributed by atoms with Gasteiger partial charge in [0, 0.05) is 37.8 Å². The van der Waals surface area contributed by atoms with Gasteiger partial charge in [-0.3, -0.25) is 4.90 Å². The number of nitrogens with zero attached hydrogens (tertiary/aromatic N) is 1. The molecule has 0 bridgehead atoms. The van der Waals surface area contributed by atoms with Crippen molar-refractivity contribution in [3.8, 4) is 0 Å². The van der Waals surface area contributed by atoms with Crippen LogP contribution in [0.5, 0.6) is 0 Å². The van der Waals surface area contributed by atoms with Crippen LogP contribution in [-0.4, -0.2) is 31.1 Å². The average molecular weight is 345 g/mol. The Labute approximate surface area is 126 Å². The van der Waals surface area contributed by atoms with Crippen molar-refractivity contribution >= 4 is 15.9 Å². The Morgan fingerprint density at radius 3 is 2.50 bits per heavy atom. The van der Waals surface area contributed by atoms with Gasteiger partial charge >= 0.3 is 0 Å². The summed E-state index contributed by atoms with van der Waals surface area (Å²) < 4.78 is 29.1. The molecule has 1 saturated carbocycles. The highest BCUT2D eigenvalue weighted by Crippen LogP contribution is 2.43. The Hall–Kier alpha value is -0.520. The lowest BCUT2D eigenvalue weighted by Gasteiger charge is -2.43. The molecule has 1 aliphatic carbocycles. The van der Waals surface area contributed by atoms with E-state index in [1.54, 1.807) is 0 Å². The van der Waals surface area contributed by atoms with Crippen LogP contribution in [-0.2, 0) is 0 Å². The lowest BCUT2D eigenvalue weighted by atomic mass is 9.76. The molecule has 0 unspecified atom stereocenters. The summed E-state index contributed by atoms with van der Waals surface area (Å²) in [5.41, 5.74) is 0.256. The lowest BCUT2D eigenvalue weighted by Crippen LogP contribution is -2.48. The minimum Gasteiger partial charge on any atom is -0.314 e. The molecular weight excluding hydrogens is 326 g/mol. The second-order valence-electron chi connectivity index (χ2n) is 5.68. The van der Waals surface area contributed by atoms with E-state index in [9.17, 15) is 8.78 Å². The molecule has 1 saturated heterocycles. The van der Waals surface area contributed by atoms with Gasteiger partial charge in [-0.2, -0.15) is 0 Å². The van der Waals surface area contributed by atoms with Crippen LogP contribution in [0.1, 0.15) is 30.9 Å². The molecule has 2 fully saturated rings. The minimum absolute atomic E-state index is 0.122. The third kappa shape index (κ3) is 2.63. The number of hydrogen-bond donors (Lipinski definition) is 1. The second kappa shape index (κ2) is 6.08. The molecule has 2 aliphatic rings. The van der Waals surface area contributed by atoms with Crippen LogP contribution in [0.15, 0.2) is 16.6 Å². The van der Waals surface area contributed by atoms with Crippen molar-refractivity contribution in [1.82, 2.24) is 10.2 Å². The molecule has 20 heavy (non-hydrogen) atoms. The maximum Gasteiger partial charge on any atom is 0.145 e. The standard InChI is InChI=1S/C15H19BrF2N2/c16-11-4-5-12(17)13(14(11)18)15(10-2-1-3-10)20-8-6-19-7-9-20/h4-5,10,15,19H,1-3,6-9H2/t15-/m1/s1. The van der Waals surface area contributed by atoms with Crippen molar-refractivity contribution in [1.29, 1.82) is 0 Å². The maximum absolute atomic E-state index is 14.5. The van der Waals surface area contributed by atoms with E-state index in [0.717, 1.165) is 39.0 Å². The number of piperazine rings is 1. The first-order valence-corrected chi connectivity index (χ1v) is 8.06. The van der Waals surface area contributed by atoms with Gasteiger partial charge < -0.3 is 5.32 Å². The molecule has 0 spiro atoms. The minimum atomic E-state index is -0.430. The Bertz CT molecular complexity index is 485. The van der Waals surface area contributed by atoms with Gasteiger partial charge in [0.05, 0.1) is 4.47 Å². The molecule has 2 nitrogen and oxygen atoms in total. The quantitative estimate of drug-likeness (QED) is 0.844. The highest BCUT2D eigenvalue weighted by molar-refractivity contribution is 9.10. The van der Waals surface area contributed by atoms with Crippen LogP contribution in [0.2, 0.25) is 0 Å². The van der Waals surface area contributed by atoms with Crippen molar-refractivity contribution < 1.29 is 8.78 Å². The molecule has 0 aromatic heterocycles. The van der Waals surface area contributed by atoms with E-state index in [2.05, 4.69) is 26.1 Å². The average Bonchev–Trinajstić information content (AvgIpc) is 2.41. The van der Waals surface area contributed by atoms with Crippen molar-refractivity contribution in [3.05, 3.63) is 33.8 Å². The zero-order valence-electron chi connectivity index (χ0n) is 11.3. The lowest BCUT2D eigenvalue weighted by molar-refractivity contribution is 0.0783. The van der Waals surface area contributed by atoms with Crippen LogP contribution in [0.4, 0.5) is 8.78 Å². The smallest absolute Gasteiger partial charge is 0.145 e. The summed E-state index contributed by atoms with van der Waals surface area (Å²) in [4.78, 5) is 2.24. The molecule has 110 valence electrons. The van der Waals surface area contributed by atoms with Gasteiger partial charge in [-0.25, -0.2) is 8.78 Å². The molecule has 1 aromatic rings. The van der Waals surface area contributed by atoms with E-state index in [4.69, 9.17) is 0 Å². The number of rotatable bonds is 3. The van der Waals surface area contributed by atoms with E-state index < -0.39 is 11.6 Å². The van der Waals surface area contributed by atoms with E-state index in [-0.39, 0.29) is 11.6 Å². The summed E-state index contributed by atoms with van der Waals surface area (Å²) in [6.45, 7) is 3.49. The second-order valence-corrected chi connectivity index (χ2v) is 6.53. The fourth-order valence-electron chi connectivity index (χ4n) is 3.25. The molecule has 1 N–H and O–H groups in total. The molecule has 0 amide bonds. The third-order valence-corrected chi connectivity index (χ3v) is 5.13. The highest BCUT2D eigenvalue weighted by Gasteiger charge is 2.37. The third-order valence-electron chi connectivity index (χ3n) is 4.52. The summed E-state index contributed by atoms with van der Waals surface area (Å²) in [5.74, 6) is -0.465. The number of hydrogen-bond acceptors (Lipinski definition) is 2. The van der Waals surface area contributed by atoms with E-state index in [1.807, 2.05) is 0 Å². The number of halogens is 3. The summed E-state index contributed by atoms with van der Waals surface area (Å²) >= 11 is 3.19. The Kier molecular flexibility index (Phi) is 4.38. The molecule has 3 rings (SSSR count). The molecule has 1 atom stereocenters. The van der Waals surface area contributed by atoms with Gasteiger partial charge in [-0.1, -0.05) is 6.42 Å². The van der Waals surface area contributed by atoms with Gasteiger partial charge in [0.2, 0.25) is 0 Å². The van der Waals surface area contributed by atoms with E-state index in [0.29, 0.717) is 10.4 Å². The Morgan fingerprint density at radius 1 is 1.20 bits per heavy atom. The fraction of sp³-hybridized carbons (Fsp3) is 0.600. The van der Waals surface area contributed by atoms with Crippen LogP contribution in [0.25, 0.3) is 0 Å². The van der Waals surface area contributed by atoms with E-state index >= 15 is 0 Å². The monoisotopic (exact) mass is 344 g/mol. The van der Waals surface area contributed by atoms with Crippen molar-refractivity contribution in [2.75, 3.05) is 26.2 Å². The summed E-state index contributed by atoms with van der Waals surface area (Å²) in [5, 5.41) is 3.30. The predicted molar refractivity (Wildman–Crippen MR) is 78.6 cm³/mol. The first-order valence-electron chi connectivity index (χ1n) is 7.26. The Balaban J connectivity index is 1.98. The van der Waals surface area contributed by atoms with Gasteiger partial charge in [-0.15, -0.1) is 0 Å². The Morgan fingerprint density at radius 2 is 1.90 bits per heavy atom. The van der Waals surface area contributed by atoms with Gasteiger partial charge in [0.1, 0.15) is 11.6 Å². The molecule has 1 heterocycles. The molecule has 5 heteroatoms. The zero-order chi connectivity index (χ0) is 14.1. The molecular formula is C15H19BrF2N2. The summed E-state index contributed by atoms with van der Waals surface area (Å²) in [6, 6.07) is 2.70. The van der Waals surface area contributed by atoms with Gasteiger partial charge in [0.25, 0.3) is 0 Å². The first-order chi connectivity index (χ1) is 9.68. The predicted octanol–water partition coefficient (Wildman–Crippen LogP) is 3.47. The number of benzene rings is 1. The van der Waals surface area contributed by atoms with Crippen LogP contribution < -0.4 is 5.32 Å². The highest BCUT2D eigenvalue weighted by atomic mass is 79.9. The molecule has 0 radical (unpaired) electrons. The van der Waals surface area contributed by atoms with Gasteiger partial charge in [0.15, 0.2) is 0 Å². The van der Waals surface area contributed by atoms with Crippen molar-refractivity contribution in [3.63, 3.8) is 0 Å². The fourth-order valence-corrected chi connectivity index (χ4v) is 3.59. The normalized spacial score (nSPS) is 22.6. The van der Waals surface area contributed by atoms with Crippen LogP contribution in [0, 0.1) is 17.6 Å². The van der Waals surface area contributed by atoms with Crippen molar-refractivity contribution in [2.24, 2.45) is 5.92 Å². The maximum atomic E-state index is 14.5. The van der Waals surface area contributed by atoms with Gasteiger partial charge in [-0.05, 0) is 46.8 Å². The van der Waals surface area contributed by atoms with E-state index in [1.165, 1.54) is 18.6 Å². The van der Waals surface area contributed by atoms with Crippen molar-refractivity contribution in [2.45, 2.75) is 25.3 Å². The van der Waals surface area contributed by atoms with Crippen LogP contribution >= 0.6 is 15.9 Å². The largest absolute Gasteiger partial charge is 0.314 e. The molecule has 1 aromatic carbocycles. The summed E-state index contributed by atoms with van der Waals surface area (Å²) in [6.07, 6.45) is 3.31. The number of nitrogens with one attached hydrogen (secondary N) is 1.